The summed E-state index contributed by atoms with van der Waals surface area (Å²) in [4.78, 5) is 163. The van der Waals surface area contributed by atoms with E-state index in [1.54, 1.807) is 65.4 Å². The first-order valence-corrected chi connectivity index (χ1v) is 34.3. The lowest BCUT2D eigenvalue weighted by molar-refractivity contribution is -0.122. The van der Waals surface area contributed by atoms with Gasteiger partial charge in [-0.05, 0) is 88.3 Å². The van der Waals surface area contributed by atoms with Crippen molar-refractivity contribution in [3.05, 3.63) is 144 Å². The third kappa shape index (κ3) is 22.0. The Kier molecular flexibility index (Phi) is 27.7. The maximum atomic E-state index is 14.3. The summed E-state index contributed by atoms with van der Waals surface area (Å²) in [6.45, 7) is 2.59. The normalized spacial score (nSPS) is 11.3. The van der Waals surface area contributed by atoms with Gasteiger partial charge in [0.25, 0.3) is 41.4 Å². The van der Waals surface area contributed by atoms with Gasteiger partial charge in [0.05, 0.1) is 22.7 Å². The van der Waals surface area contributed by atoms with E-state index in [4.69, 9.17) is 23.2 Å². The third-order valence-corrected chi connectivity index (χ3v) is 16.7. The van der Waals surface area contributed by atoms with Crippen LogP contribution in [-0.4, -0.2) is 195 Å². The summed E-state index contributed by atoms with van der Waals surface area (Å²) >= 11 is 12.0. The lowest BCUT2D eigenvalue weighted by Crippen LogP contribution is -2.46. The SMILES string of the molecule is CN(C)CCCNC(=O)CCNC(=O)c1cc(NC(=O)c2cc(NC(=O)c3cc(NC(=O)c4cc(NC(=O)[C@@H](CCNC(=O)CCCc5ccc(N(CCCl)CCCl)cc5)NC(=O)c5nc(NC(=O)CCNC(=O)c6nc(NC(=O)c7nccn7C)cn6C)cn5C)cn4C)cn3C)cn2C)cn1C. The fourth-order valence-electron chi connectivity index (χ4n) is 11.0. The fraction of sp³-hybridized carbons (Fsp3) is 0.382. The molecule has 0 fully saturated rings. The summed E-state index contributed by atoms with van der Waals surface area (Å²) in [5.74, 6) is -4.98. The van der Waals surface area contributed by atoms with Gasteiger partial charge in [-0.3, -0.25) is 52.7 Å². The lowest BCUT2D eigenvalue weighted by Gasteiger charge is -2.23. The molecule has 0 aliphatic rings. The van der Waals surface area contributed by atoms with Gasteiger partial charge in [0.15, 0.2) is 17.5 Å². The second-order valence-electron chi connectivity index (χ2n) is 24.8. The van der Waals surface area contributed by atoms with E-state index >= 15 is 0 Å². The van der Waals surface area contributed by atoms with Crippen LogP contribution in [-0.2, 0) is 74.9 Å². The molecule has 11 N–H and O–H groups in total. The Bertz CT molecular complexity index is 4410. The molecule has 7 aromatic heterocycles. The maximum absolute atomic E-state index is 14.3. The number of amides is 11. The Morgan fingerprint density at radius 2 is 0.913 bits per heavy atom. The molecule has 554 valence electrons. The molecule has 0 saturated heterocycles. The molecule has 0 radical (unpaired) electrons. The molecule has 8 aromatic rings. The highest BCUT2D eigenvalue weighted by Crippen LogP contribution is 2.23. The summed E-state index contributed by atoms with van der Waals surface area (Å²) in [5, 5.41) is 30.0. The Morgan fingerprint density at radius 1 is 0.442 bits per heavy atom. The van der Waals surface area contributed by atoms with Gasteiger partial charge in [-0.2, -0.15) is 0 Å². The predicted octanol–water partition coefficient (Wildman–Crippen LogP) is 3.75. The molecule has 0 bridgehead atoms. The smallest absolute Gasteiger partial charge is 0.292 e. The zero-order valence-corrected chi connectivity index (χ0v) is 60.8. The highest BCUT2D eigenvalue weighted by Gasteiger charge is 2.27. The number of hydrogen-bond acceptors (Lipinski definition) is 16. The zero-order chi connectivity index (χ0) is 75.3. The minimum absolute atomic E-state index is 0.0154. The van der Waals surface area contributed by atoms with Gasteiger partial charge in [-0.25, -0.2) is 15.0 Å². The van der Waals surface area contributed by atoms with Crippen molar-refractivity contribution in [2.45, 2.75) is 51.0 Å². The van der Waals surface area contributed by atoms with Crippen LogP contribution < -0.4 is 63.4 Å². The number of imidazole rings is 3. The van der Waals surface area contributed by atoms with Gasteiger partial charge in [-0.15, -0.1) is 23.2 Å². The van der Waals surface area contributed by atoms with Crippen molar-refractivity contribution in [1.29, 1.82) is 0 Å². The van der Waals surface area contributed by atoms with E-state index in [0.717, 1.165) is 24.2 Å². The molecule has 8 rings (SSSR count). The summed E-state index contributed by atoms with van der Waals surface area (Å²) in [7, 11) is 15.1. The first kappa shape index (κ1) is 78.2. The first-order valence-electron chi connectivity index (χ1n) is 33.2. The Labute approximate surface area is 609 Å². The van der Waals surface area contributed by atoms with E-state index in [1.807, 2.05) is 43.3 Å². The molecule has 0 saturated carbocycles. The largest absolute Gasteiger partial charge is 0.369 e. The summed E-state index contributed by atoms with van der Waals surface area (Å²) in [5.41, 5.74) is 3.69. The van der Waals surface area contributed by atoms with Gasteiger partial charge >= 0.3 is 0 Å². The number of rotatable bonds is 37. The van der Waals surface area contributed by atoms with Crippen molar-refractivity contribution < 1.29 is 52.7 Å². The molecule has 1 atom stereocenters. The average molecular weight is 1470 g/mol. The molecule has 0 unspecified atom stereocenters. The molecule has 11 amide bonds. The van der Waals surface area contributed by atoms with E-state index in [1.165, 1.54) is 89.7 Å². The topological polar surface area (TPSA) is 400 Å². The van der Waals surface area contributed by atoms with Crippen molar-refractivity contribution in [3.8, 4) is 0 Å². The van der Waals surface area contributed by atoms with Gasteiger partial charge in [0.2, 0.25) is 35.3 Å². The molecule has 1 aromatic carbocycles. The number of benzene rings is 1. The van der Waals surface area contributed by atoms with Crippen LogP contribution in [0.15, 0.2) is 98.1 Å². The number of halogens is 2. The Balaban J connectivity index is 0.853. The minimum atomic E-state index is -1.30. The van der Waals surface area contributed by atoms with Gasteiger partial charge < -0.3 is 100 Å². The van der Waals surface area contributed by atoms with Gasteiger partial charge in [-0.1, -0.05) is 12.1 Å². The molecule has 0 aliphatic carbocycles. The Morgan fingerprint density at radius 3 is 1.42 bits per heavy atom. The zero-order valence-electron chi connectivity index (χ0n) is 59.2. The molecule has 0 aliphatic heterocycles. The monoisotopic (exact) mass is 1470 g/mol. The van der Waals surface area contributed by atoms with Crippen molar-refractivity contribution in [1.82, 2.24) is 78.4 Å². The second kappa shape index (κ2) is 36.9. The van der Waals surface area contributed by atoms with E-state index in [2.05, 4.69) is 78.3 Å². The maximum Gasteiger partial charge on any atom is 0.292 e. The van der Waals surface area contributed by atoms with Crippen molar-refractivity contribution in [2.75, 3.05) is 108 Å². The van der Waals surface area contributed by atoms with Crippen molar-refractivity contribution in [2.24, 2.45) is 49.3 Å². The molecule has 0 spiro atoms. The molecule has 104 heavy (non-hydrogen) atoms. The van der Waals surface area contributed by atoms with E-state index in [-0.39, 0.29) is 126 Å². The predicted molar refractivity (Wildman–Crippen MR) is 392 cm³/mol. The van der Waals surface area contributed by atoms with E-state index in [0.29, 0.717) is 49.9 Å². The Hall–Kier alpha value is -11.5. The van der Waals surface area contributed by atoms with Crippen LogP contribution in [0.1, 0.15) is 118 Å². The number of aromatic nitrogens is 10. The summed E-state index contributed by atoms with van der Waals surface area (Å²) in [6, 6.07) is 12.5. The van der Waals surface area contributed by atoms with Crippen LogP contribution in [0.4, 0.5) is 40.1 Å². The number of aryl methyl sites for hydroxylation is 8. The average Bonchev–Trinajstić information content (AvgIpc) is 1.64. The van der Waals surface area contributed by atoms with Crippen LogP contribution in [0.2, 0.25) is 0 Å². The van der Waals surface area contributed by atoms with Crippen molar-refractivity contribution >= 4 is 128 Å². The molecule has 7 heterocycles. The number of anilines is 7. The standard InChI is InChI=1S/C68H87Cl2N23O11/c1-85(2)28-11-23-71-56(95)19-25-74-62(98)49-32-44(37-87(49)4)77-64(100)51-34-46(39-89(51)6)79-65(101)52-35-45(38-90(52)7)78-63(99)50-33-43(36-88(50)5)76-61(97)48(18-24-72-55(94)13-10-12-42-14-16-47(17-15-42)93(29-21-69)30-22-70)80-68(104)60-82-53(40-92(60)9)81-57(96)20-26-75-66(102)59-83-54(41-91(59)8)84-67(103)58-73-27-31-86(58)3/h14-17,27,31-41,48H,10-13,18-26,28-30H2,1-9H3,(H,71,95)(H,72,94)(H,74,98)(H,75,102)(H,76,97)(H,77,100)(H,78,99)(H,79,101)(H,80,104)(H,81,96)(H,84,103)/t48-/m1/s1. The van der Waals surface area contributed by atoms with Gasteiger partial charge in [0.1, 0.15) is 28.8 Å². The van der Waals surface area contributed by atoms with Gasteiger partial charge in [0, 0.05) is 175 Å². The molecule has 34 nitrogen and oxygen atoms in total. The third-order valence-electron chi connectivity index (χ3n) is 16.3. The minimum Gasteiger partial charge on any atom is -0.369 e. The highest BCUT2D eigenvalue weighted by atomic mass is 35.5. The quantitative estimate of drug-likeness (QED) is 0.0195. The number of carbonyl (C=O) groups excluding carboxylic acids is 11. The number of hydrogen-bond donors (Lipinski definition) is 11. The number of nitrogens with one attached hydrogen (secondary N) is 11. The number of alkyl halides is 2. The van der Waals surface area contributed by atoms with E-state index < -0.39 is 59.2 Å². The summed E-state index contributed by atoms with van der Waals surface area (Å²) in [6.07, 6.45) is 13.9. The summed E-state index contributed by atoms with van der Waals surface area (Å²) < 4.78 is 10.3. The fourth-order valence-corrected chi connectivity index (χ4v) is 11.4. The van der Waals surface area contributed by atoms with Crippen LogP contribution >= 0.6 is 23.2 Å². The molecule has 36 heteroatoms. The van der Waals surface area contributed by atoms with Crippen LogP contribution in [0, 0.1) is 0 Å². The van der Waals surface area contributed by atoms with Crippen molar-refractivity contribution in [3.63, 3.8) is 0 Å². The molecular weight excluding hydrogens is 1390 g/mol. The second-order valence-corrected chi connectivity index (χ2v) is 25.6. The van der Waals surface area contributed by atoms with Crippen LogP contribution in [0.3, 0.4) is 0 Å². The number of nitrogens with zero attached hydrogens (tertiary/aromatic N) is 12. The highest BCUT2D eigenvalue weighted by molar-refractivity contribution is 6.18. The van der Waals surface area contributed by atoms with Crippen LogP contribution in [0.25, 0.3) is 0 Å². The van der Waals surface area contributed by atoms with Crippen LogP contribution in [0.5, 0.6) is 0 Å². The van der Waals surface area contributed by atoms with E-state index in [9.17, 15) is 52.7 Å². The first-order chi connectivity index (χ1) is 49.7. The number of carbonyl (C=O) groups is 11. The lowest BCUT2D eigenvalue weighted by atomic mass is 10.1. The molecular formula is C68H87Cl2N23O11.